The van der Waals surface area contributed by atoms with Crippen molar-refractivity contribution in [2.45, 2.75) is 0 Å². The number of nitrogens with one attached hydrogen (secondary N) is 1. The fraction of sp³-hybridized carbons (Fsp3) is 0.0769. The third kappa shape index (κ3) is 3.29. The number of anilines is 1. The highest BCUT2D eigenvalue weighted by Gasteiger charge is 2.13. The summed E-state index contributed by atoms with van der Waals surface area (Å²) in [5.41, 5.74) is 0.643. The van der Waals surface area contributed by atoms with Gasteiger partial charge in [-0.05, 0) is 18.2 Å². The Kier molecular flexibility index (Phi) is 4.11. The average molecular weight is 325 g/mol. The first-order valence-electron chi connectivity index (χ1n) is 5.35. The van der Waals surface area contributed by atoms with Gasteiger partial charge in [-0.3, -0.25) is 9.78 Å². The molecule has 0 unspecified atom stereocenters. The summed E-state index contributed by atoms with van der Waals surface area (Å²) in [6.07, 6.45) is 2.43. The zero-order chi connectivity index (χ0) is 13.8. The minimum Gasteiger partial charge on any atom is -0.496 e. The van der Waals surface area contributed by atoms with Crippen LogP contribution in [0.2, 0.25) is 0 Å². The summed E-state index contributed by atoms with van der Waals surface area (Å²) in [5, 5.41) is 2.56. The lowest BCUT2D eigenvalue weighted by atomic mass is 10.2. The van der Waals surface area contributed by atoms with Crippen molar-refractivity contribution in [2.24, 2.45) is 0 Å². The van der Waals surface area contributed by atoms with E-state index in [-0.39, 0.29) is 5.69 Å². The monoisotopic (exact) mass is 324 g/mol. The van der Waals surface area contributed by atoms with E-state index in [0.29, 0.717) is 11.3 Å². The molecule has 4 nitrogen and oxygen atoms in total. The molecule has 0 bridgehead atoms. The largest absolute Gasteiger partial charge is 0.496 e. The third-order valence-electron chi connectivity index (χ3n) is 2.37. The molecule has 0 aliphatic carbocycles. The number of hydrogen-bond acceptors (Lipinski definition) is 3. The number of ether oxygens (including phenoxy) is 1. The zero-order valence-corrected chi connectivity index (χ0v) is 11.6. The van der Waals surface area contributed by atoms with Gasteiger partial charge >= 0.3 is 0 Å². The molecule has 0 aliphatic rings. The van der Waals surface area contributed by atoms with Gasteiger partial charge in [-0.2, -0.15) is 0 Å². The molecule has 0 fully saturated rings. The van der Waals surface area contributed by atoms with Gasteiger partial charge in [0.25, 0.3) is 5.91 Å². The lowest BCUT2D eigenvalue weighted by molar-refractivity contribution is 0.102. The minimum atomic E-state index is -0.513. The Balaban J connectivity index is 2.25. The van der Waals surface area contributed by atoms with Crippen molar-refractivity contribution < 1.29 is 13.9 Å². The molecule has 1 N–H and O–H groups in total. The summed E-state index contributed by atoms with van der Waals surface area (Å²) in [5.74, 6) is -0.478. The zero-order valence-electron chi connectivity index (χ0n) is 9.98. The Bertz CT molecular complexity index is 619. The number of methoxy groups -OCH3 is 1. The summed E-state index contributed by atoms with van der Waals surface area (Å²) in [6.45, 7) is 0. The quantitative estimate of drug-likeness (QED) is 0.942. The van der Waals surface area contributed by atoms with Gasteiger partial charge in [0.1, 0.15) is 11.6 Å². The summed E-state index contributed by atoms with van der Waals surface area (Å²) >= 11 is 3.29. The van der Waals surface area contributed by atoms with Gasteiger partial charge in [0.15, 0.2) is 0 Å². The van der Waals surface area contributed by atoms with Gasteiger partial charge in [0.2, 0.25) is 0 Å². The Labute approximate surface area is 117 Å². The van der Waals surface area contributed by atoms with E-state index >= 15 is 0 Å². The summed E-state index contributed by atoms with van der Waals surface area (Å²) in [4.78, 5) is 15.7. The van der Waals surface area contributed by atoms with Crippen molar-refractivity contribution in [1.29, 1.82) is 0 Å². The van der Waals surface area contributed by atoms with Crippen molar-refractivity contribution in [2.75, 3.05) is 12.4 Å². The molecule has 19 heavy (non-hydrogen) atoms. The molecule has 0 saturated heterocycles. The Morgan fingerprint density at radius 3 is 2.84 bits per heavy atom. The molecule has 1 aromatic carbocycles. The van der Waals surface area contributed by atoms with Gasteiger partial charge in [-0.15, -0.1) is 0 Å². The van der Waals surface area contributed by atoms with E-state index in [9.17, 15) is 9.18 Å². The second-order valence-corrected chi connectivity index (χ2v) is 4.61. The molecule has 0 atom stereocenters. The van der Waals surface area contributed by atoms with Crippen LogP contribution < -0.4 is 10.1 Å². The number of halogens is 2. The van der Waals surface area contributed by atoms with Gasteiger partial charge < -0.3 is 10.1 Å². The normalized spacial score (nSPS) is 10.1. The summed E-state index contributed by atoms with van der Waals surface area (Å²) < 4.78 is 18.9. The van der Waals surface area contributed by atoms with Crippen molar-refractivity contribution >= 4 is 27.5 Å². The molecule has 6 heteroatoms. The van der Waals surface area contributed by atoms with E-state index in [0.717, 1.165) is 10.7 Å². The first-order chi connectivity index (χ1) is 9.10. The average Bonchev–Trinajstić information content (AvgIpc) is 2.38. The van der Waals surface area contributed by atoms with Crippen molar-refractivity contribution in [1.82, 2.24) is 4.98 Å². The number of aromatic nitrogens is 1. The lowest BCUT2D eigenvalue weighted by Crippen LogP contribution is -2.13. The molecule has 0 saturated carbocycles. The standard InChI is InChI=1S/C13H10BrFN2O2/c1-19-12-4-8(14)2-3-11(12)13(18)17-10-5-9(15)6-16-7-10/h2-7H,1H3,(H,17,18). The van der Waals surface area contributed by atoms with Gasteiger partial charge in [0, 0.05) is 10.5 Å². The fourth-order valence-corrected chi connectivity index (χ4v) is 1.87. The molecule has 0 aliphatic heterocycles. The number of pyridine rings is 1. The van der Waals surface area contributed by atoms with E-state index in [1.165, 1.54) is 19.4 Å². The number of amides is 1. The lowest BCUT2D eigenvalue weighted by Gasteiger charge is -2.09. The maximum absolute atomic E-state index is 13.0. The Hall–Kier alpha value is -1.95. The van der Waals surface area contributed by atoms with Crippen LogP contribution in [-0.2, 0) is 0 Å². The molecule has 2 aromatic rings. The maximum atomic E-state index is 13.0. The van der Waals surface area contributed by atoms with Crippen molar-refractivity contribution in [3.63, 3.8) is 0 Å². The number of rotatable bonds is 3. The van der Waals surface area contributed by atoms with Crippen molar-refractivity contribution in [3.05, 3.63) is 52.5 Å². The second-order valence-electron chi connectivity index (χ2n) is 3.69. The van der Waals surface area contributed by atoms with Crippen LogP contribution in [0.3, 0.4) is 0 Å². The number of benzene rings is 1. The number of carbonyl (C=O) groups is 1. The molecular formula is C13H10BrFN2O2. The Morgan fingerprint density at radius 1 is 1.37 bits per heavy atom. The van der Waals surface area contributed by atoms with Crippen LogP contribution in [0, 0.1) is 5.82 Å². The van der Waals surface area contributed by atoms with Gasteiger partial charge in [0.05, 0.1) is 30.8 Å². The predicted octanol–water partition coefficient (Wildman–Crippen LogP) is 3.24. The number of nitrogens with zero attached hydrogens (tertiary/aromatic N) is 1. The van der Waals surface area contributed by atoms with Gasteiger partial charge in [-0.1, -0.05) is 15.9 Å². The first kappa shape index (κ1) is 13.5. The Morgan fingerprint density at radius 2 is 2.16 bits per heavy atom. The molecule has 0 spiro atoms. The van der Waals surface area contributed by atoms with Crippen LogP contribution in [0.5, 0.6) is 5.75 Å². The smallest absolute Gasteiger partial charge is 0.259 e. The van der Waals surface area contributed by atoms with Crippen molar-refractivity contribution in [3.8, 4) is 5.75 Å². The van der Waals surface area contributed by atoms with Crippen LogP contribution in [0.1, 0.15) is 10.4 Å². The molecule has 1 heterocycles. The molecule has 0 radical (unpaired) electrons. The molecule has 98 valence electrons. The van der Waals surface area contributed by atoms with E-state index in [1.807, 2.05) is 0 Å². The van der Waals surface area contributed by atoms with E-state index in [2.05, 4.69) is 26.2 Å². The van der Waals surface area contributed by atoms with Crippen LogP contribution in [0.4, 0.5) is 10.1 Å². The predicted molar refractivity (Wildman–Crippen MR) is 72.8 cm³/mol. The van der Waals surface area contributed by atoms with Gasteiger partial charge in [-0.25, -0.2) is 4.39 Å². The van der Waals surface area contributed by atoms with E-state index in [4.69, 9.17) is 4.74 Å². The molecule has 2 rings (SSSR count). The van der Waals surface area contributed by atoms with E-state index < -0.39 is 11.7 Å². The third-order valence-corrected chi connectivity index (χ3v) is 2.86. The van der Waals surface area contributed by atoms with Crippen LogP contribution in [0.25, 0.3) is 0 Å². The van der Waals surface area contributed by atoms with Crippen LogP contribution in [0.15, 0.2) is 41.1 Å². The minimum absolute atomic E-state index is 0.287. The topological polar surface area (TPSA) is 51.2 Å². The molecule has 1 aromatic heterocycles. The maximum Gasteiger partial charge on any atom is 0.259 e. The molecular weight excluding hydrogens is 315 g/mol. The summed E-state index contributed by atoms with van der Waals surface area (Å²) in [7, 11) is 1.47. The number of carbonyl (C=O) groups excluding carboxylic acids is 1. The first-order valence-corrected chi connectivity index (χ1v) is 6.15. The van der Waals surface area contributed by atoms with Crippen LogP contribution in [-0.4, -0.2) is 18.0 Å². The fourth-order valence-electron chi connectivity index (χ4n) is 1.53. The van der Waals surface area contributed by atoms with Crippen LogP contribution >= 0.6 is 15.9 Å². The highest BCUT2D eigenvalue weighted by Crippen LogP contribution is 2.24. The SMILES string of the molecule is COc1cc(Br)ccc1C(=O)Nc1cncc(F)c1. The highest BCUT2D eigenvalue weighted by molar-refractivity contribution is 9.10. The molecule has 1 amide bonds. The van der Waals surface area contributed by atoms with E-state index in [1.54, 1.807) is 18.2 Å². The summed E-state index contributed by atoms with van der Waals surface area (Å²) in [6, 6.07) is 6.21. The highest BCUT2D eigenvalue weighted by atomic mass is 79.9. The second kappa shape index (κ2) is 5.79. The number of hydrogen-bond donors (Lipinski definition) is 1.